The van der Waals surface area contributed by atoms with Crippen molar-refractivity contribution in [3.05, 3.63) is 18.1 Å². The summed E-state index contributed by atoms with van der Waals surface area (Å²) in [5.74, 6) is 0. The largest absolute Gasteiger partial charge is 0.0850 e. The highest BCUT2D eigenvalue weighted by Crippen LogP contribution is 2.22. The van der Waals surface area contributed by atoms with Crippen LogP contribution in [0.2, 0.25) is 0 Å². The molecular formula is C18H33. The van der Waals surface area contributed by atoms with E-state index in [1.54, 1.807) is 5.57 Å². The molecule has 105 valence electrons. The highest BCUT2D eigenvalue weighted by atomic mass is 14.1. The molecule has 0 saturated carbocycles. The summed E-state index contributed by atoms with van der Waals surface area (Å²) in [6, 6.07) is 0. The van der Waals surface area contributed by atoms with E-state index in [9.17, 15) is 0 Å². The molecule has 0 saturated heterocycles. The second-order valence-corrected chi connectivity index (χ2v) is 5.85. The first-order valence-corrected chi connectivity index (χ1v) is 8.45. The van der Waals surface area contributed by atoms with Crippen molar-refractivity contribution in [1.29, 1.82) is 0 Å². The first-order valence-electron chi connectivity index (χ1n) is 8.45. The van der Waals surface area contributed by atoms with Gasteiger partial charge in [-0.25, -0.2) is 0 Å². The van der Waals surface area contributed by atoms with Gasteiger partial charge in [0.1, 0.15) is 0 Å². The standard InChI is InChI=1S/C18H33/c1-2-3-4-5-6-7-8-9-10-11-12-15-18-16-13-14-17-18/h15-16H,2-14,17H2,1H3. The summed E-state index contributed by atoms with van der Waals surface area (Å²) >= 11 is 0. The van der Waals surface area contributed by atoms with Crippen molar-refractivity contribution in [1.82, 2.24) is 0 Å². The van der Waals surface area contributed by atoms with Crippen molar-refractivity contribution in [3.63, 3.8) is 0 Å². The Kier molecular flexibility index (Phi) is 10.4. The maximum Gasteiger partial charge on any atom is -0.0138 e. The van der Waals surface area contributed by atoms with E-state index in [0.717, 1.165) is 0 Å². The normalized spacial score (nSPS) is 15.1. The third-order valence-corrected chi connectivity index (χ3v) is 4.04. The average Bonchev–Trinajstić information content (AvgIpc) is 2.89. The highest BCUT2D eigenvalue weighted by Gasteiger charge is 2.03. The molecule has 1 aliphatic carbocycles. The topological polar surface area (TPSA) is 0 Å². The van der Waals surface area contributed by atoms with E-state index in [0.29, 0.717) is 0 Å². The molecule has 0 unspecified atom stereocenters. The van der Waals surface area contributed by atoms with Crippen LogP contribution in [0.3, 0.4) is 0 Å². The van der Waals surface area contributed by atoms with Crippen molar-refractivity contribution >= 4 is 0 Å². The van der Waals surface area contributed by atoms with E-state index in [-0.39, 0.29) is 0 Å². The summed E-state index contributed by atoms with van der Waals surface area (Å²) in [4.78, 5) is 0. The predicted octanol–water partition coefficient (Wildman–Crippen LogP) is 6.61. The van der Waals surface area contributed by atoms with Gasteiger partial charge in [0.15, 0.2) is 0 Å². The van der Waals surface area contributed by atoms with Gasteiger partial charge in [0.05, 0.1) is 0 Å². The summed E-state index contributed by atoms with van der Waals surface area (Å²) in [6.45, 7) is 2.29. The van der Waals surface area contributed by atoms with Crippen molar-refractivity contribution < 1.29 is 0 Å². The predicted molar refractivity (Wildman–Crippen MR) is 82.7 cm³/mol. The van der Waals surface area contributed by atoms with E-state index < -0.39 is 0 Å². The van der Waals surface area contributed by atoms with E-state index in [1.807, 2.05) is 0 Å². The van der Waals surface area contributed by atoms with Crippen molar-refractivity contribution in [2.24, 2.45) is 0 Å². The summed E-state index contributed by atoms with van der Waals surface area (Å²) < 4.78 is 0. The first-order chi connectivity index (χ1) is 8.93. The van der Waals surface area contributed by atoms with Gasteiger partial charge in [-0.15, -0.1) is 0 Å². The van der Waals surface area contributed by atoms with Gasteiger partial charge in [0.25, 0.3) is 0 Å². The summed E-state index contributed by atoms with van der Waals surface area (Å²) in [7, 11) is 0. The fourth-order valence-electron chi connectivity index (χ4n) is 2.80. The zero-order valence-corrected chi connectivity index (χ0v) is 12.6. The van der Waals surface area contributed by atoms with Gasteiger partial charge in [0.2, 0.25) is 0 Å². The Morgan fingerprint density at radius 1 is 0.889 bits per heavy atom. The van der Waals surface area contributed by atoms with Gasteiger partial charge in [-0.1, -0.05) is 82.8 Å². The van der Waals surface area contributed by atoms with Gasteiger partial charge < -0.3 is 0 Å². The van der Waals surface area contributed by atoms with Crippen LogP contribution in [0, 0.1) is 6.42 Å². The van der Waals surface area contributed by atoms with Crippen LogP contribution in [0.25, 0.3) is 0 Å². The third kappa shape index (κ3) is 8.78. The van der Waals surface area contributed by atoms with E-state index in [2.05, 4.69) is 19.4 Å². The lowest BCUT2D eigenvalue weighted by Crippen LogP contribution is -1.84. The van der Waals surface area contributed by atoms with E-state index in [1.165, 1.54) is 89.9 Å². The second kappa shape index (κ2) is 11.8. The minimum atomic E-state index is 1.32. The smallest absolute Gasteiger partial charge is 0.0138 e. The molecule has 0 heteroatoms. The van der Waals surface area contributed by atoms with Gasteiger partial charge >= 0.3 is 0 Å². The molecule has 1 rings (SSSR count). The van der Waals surface area contributed by atoms with Gasteiger partial charge in [-0.2, -0.15) is 0 Å². The third-order valence-electron chi connectivity index (χ3n) is 4.04. The molecule has 0 aliphatic heterocycles. The number of unbranched alkanes of at least 4 members (excludes halogenated alkanes) is 10. The minimum absolute atomic E-state index is 1.32. The fraction of sp³-hybridized carbons (Fsp3) is 0.833. The highest BCUT2D eigenvalue weighted by molar-refractivity contribution is 5.16. The van der Waals surface area contributed by atoms with Crippen LogP contribution in [-0.2, 0) is 0 Å². The molecule has 0 N–H and O–H groups in total. The molecule has 0 amide bonds. The lowest BCUT2D eigenvalue weighted by atomic mass is 10.0. The van der Waals surface area contributed by atoms with E-state index >= 15 is 0 Å². The molecule has 0 bridgehead atoms. The molecule has 0 atom stereocenters. The molecular weight excluding hydrogens is 216 g/mol. The first kappa shape index (κ1) is 15.8. The number of hydrogen-bond acceptors (Lipinski definition) is 0. The SMILES string of the molecule is CCCCCCCCCCCC[CH]C1=CCCC1. The van der Waals surface area contributed by atoms with Gasteiger partial charge in [-0.05, 0) is 32.1 Å². The Balaban J connectivity index is 1.71. The Hall–Kier alpha value is -0.260. The second-order valence-electron chi connectivity index (χ2n) is 5.85. The van der Waals surface area contributed by atoms with E-state index in [4.69, 9.17) is 0 Å². The monoisotopic (exact) mass is 249 g/mol. The Labute approximate surface area is 115 Å². The van der Waals surface area contributed by atoms with Crippen LogP contribution in [0.4, 0.5) is 0 Å². The molecule has 0 aromatic heterocycles. The summed E-state index contributed by atoms with van der Waals surface area (Å²) in [5.41, 5.74) is 1.63. The molecule has 1 aliphatic rings. The number of hydrogen-bond donors (Lipinski definition) is 0. The Bertz CT molecular complexity index is 202. The summed E-state index contributed by atoms with van der Waals surface area (Å²) in [6.07, 6.45) is 24.7. The quantitative estimate of drug-likeness (QED) is 0.341. The van der Waals surface area contributed by atoms with Gasteiger partial charge in [-0.3, -0.25) is 0 Å². The maximum atomic E-state index is 2.48. The molecule has 0 aromatic carbocycles. The molecule has 0 nitrogen and oxygen atoms in total. The Morgan fingerprint density at radius 2 is 1.50 bits per heavy atom. The van der Waals surface area contributed by atoms with Gasteiger partial charge in [0, 0.05) is 0 Å². The lowest BCUT2D eigenvalue weighted by Gasteiger charge is -2.03. The zero-order valence-electron chi connectivity index (χ0n) is 12.6. The van der Waals surface area contributed by atoms with Crippen LogP contribution in [0.5, 0.6) is 0 Å². The average molecular weight is 249 g/mol. The molecule has 1 radical (unpaired) electrons. The lowest BCUT2D eigenvalue weighted by molar-refractivity contribution is 0.556. The van der Waals surface area contributed by atoms with Crippen molar-refractivity contribution in [2.75, 3.05) is 0 Å². The zero-order chi connectivity index (χ0) is 12.9. The van der Waals surface area contributed by atoms with Crippen molar-refractivity contribution in [3.8, 4) is 0 Å². The Morgan fingerprint density at radius 3 is 2.06 bits per heavy atom. The van der Waals surface area contributed by atoms with Crippen LogP contribution in [0.1, 0.15) is 96.8 Å². The van der Waals surface area contributed by atoms with Crippen LogP contribution in [-0.4, -0.2) is 0 Å². The van der Waals surface area contributed by atoms with Crippen molar-refractivity contribution in [2.45, 2.75) is 96.8 Å². The van der Waals surface area contributed by atoms with Crippen LogP contribution in [0.15, 0.2) is 11.6 Å². The maximum absolute atomic E-state index is 2.48. The number of rotatable bonds is 12. The fourth-order valence-corrected chi connectivity index (χ4v) is 2.80. The minimum Gasteiger partial charge on any atom is -0.0850 e. The molecule has 0 heterocycles. The molecule has 0 spiro atoms. The molecule has 18 heavy (non-hydrogen) atoms. The van der Waals surface area contributed by atoms with Crippen LogP contribution >= 0.6 is 0 Å². The van der Waals surface area contributed by atoms with Crippen LogP contribution < -0.4 is 0 Å². The molecule has 0 aromatic rings. The number of allylic oxidation sites excluding steroid dienone is 2. The summed E-state index contributed by atoms with van der Waals surface area (Å²) in [5, 5.41) is 0. The molecule has 0 fully saturated rings.